The minimum atomic E-state index is -0.837. The van der Waals surface area contributed by atoms with Crippen molar-refractivity contribution in [1.82, 2.24) is 14.8 Å². The molecular formula is C22H15ClF2N4OS. The van der Waals surface area contributed by atoms with Crippen LogP contribution in [0.25, 0.3) is 17.1 Å². The summed E-state index contributed by atoms with van der Waals surface area (Å²) in [6, 6.07) is 19.7. The lowest BCUT2D eigenvalue weighted by molar-refractivity contribution is -0.113. The Kier molecular flexibility index (Phi) is 6.29. The lowest BCUT2D eigenvalue weighted by Crippen LogP contribution is -2.15. The number of carbonyl (C=O) groups is 1. The molecule has 1 heterocycles. The summed E-state index contributed by atoms with van der Waals surface area (Å²) in [5, 5.41) is 12.1. The third-order valence-corrected chi connectivity index (χ3v) is 5.47. The molecule has 9 heteroatoms. The fraction of sp³-hybridized carbons (Fsp3) is 0.0455. The first-order valence-corrected chi connectivity index (χ1v) is 10.5. The second-order valence-corrected chi connectivity index (χ2v) is 7.82. The SMILES string of the molecule is O=C(CSc1nnc(-c2ccc(Cl)cc2)n1-c1ccccc1)Nc1ccc(F)cc1F. The van der Waals surface area contributed by atoms with Crippen LogP contribution in [0.5, 0.6) is 0 Å². The molecule has 0 fully saturated rings. The molecule has 156 valence electrons. The molecule has 0 atom stereocenters. The van der Waals surface area contributed by atoms with E-state index in [1.165, 1.54) is 6.07 Å². The van der Waals surface area contributed by atoms with Crippen LogP contribution in [0.1, 0.15) is 0 Å². The van der Waals surface area contributed by atoms with Crippen molar-refractivity contribution in [3.05, 3.63) is 89.5 Å². The summed E-state index contributed by atoms with van der Waals surface area (Å²) < 4.78 is 28.7. The molecule has 3 aromatic carbocycles. The summed E-state index contributed by atoms with van der Waals surface area (Å²) in [7, 11) is 0. The summed E-state index contributed by atoms with van der Waals surface area (Å²) in [6.45, 7) is 0. The zero-order valence-electron chi connectivity index (χ0n) is 15.9. The van der Waals surface area contributed by atoms with Gasteiger partial charge in [0, 0.05) is 22.3 Å². The van der Waals surface area contributed by atoms with Gasteiger partial charge in [0.05, 0.1) is 11.4 Å². The van der Waals surface area contributed by atoms with Crippen molar-refractivity contribution >= 4 is 35.0 Å². The van der Waals surface area contributed by atoms with E-state index in [4.69, 9.17) is 11.6 Å². The van der Waals surface area contributed by atoms with Crippen LogP contribution in [0.4, 0.5) is 14.5 Å². The highest BCUT2D eigenvalue weighted by molar-refractivity contribution is 7.99. The molecule has 1 N–H and O–H groups in total. The van der Waals surface area contributed by atoms with E-state index >= 15 is 0 Å². The monoisotopic (exact) mass is 456 g/mol. The highest BCUT2D eigenvalue weighted by Crippen LogP contribution is 2.29. The van der Waals surface area contributed by atoms with E-state index < -0.39 is 17.5 Å². The topological polar surface area (TPSA) is 59.8 Å². The van der Waals surface area contributed by atoms with Crippen LogP contribution < -0.4 is 5.32 Å². The number of halogens is 3. The molecule has 31 heavy (non-hydrogen) atoms. The van der Waals surface area contributed by atoms with Gasteiger partial charge in [-0.05, 0) is 48.5 Å². The van der Waals surface area contributed by atoms with E-state index in [2.05, 4.69) is 15.5 Å². The van der Waals surface area contributed by atoms with Crippen LogP contribution in [0.3, 0.4) is 0 Å². The van der Waals surface area contributed by atoms with Gasteiger partial charge in [-0.25, -0.2) is 8.78 Å². The van der Waals surface area contributed by atoms with Gasteiger partial charge in [-0.2, -0.15) is 0 Å². The average Bonchev–Trinajstić information content (AvgIpc) is 3.19. The predicted molar refractivity (Wildman–Crippen MR) is 118 cm³/mol. The summed E-state index contributed by atoms with van der Waals surface area (Å²) in [5.74, 6) is -1.45. The van der Waals surface area contributed by atoms with E-state index in [1.54, 1.807) is 12.1 Å². The first kappa shape index (κ1) is 21.0. The van der Waals surface area contributed by atoms with Gasteiger partial charge >= 0.3 is 0 Å². The Bertz CT molecular complexity index is 1220. The van der Waals surface area contributed by atoms with Crippen LogP contribution in [-0.2, 0) is 4.79 Å². The molecule has 0 aliphatic rings. The number of carbonyl (C=O) groups excluding carboxylic acids is 1. The highest BCUT2D eigenvalue weighted by Gasteiger charge is 2.18. The van der Waals surface area contributed by atoms with Gasteiger partial charge in [0.1, 0.15) is 11.6 Å². The molecule has 0 aliphatic carbocycles. The fourth-order valence-corrected chi connectivity index (χ4v) is 3.74. The van der Waals surface area contributed by atoms with Crippen LogP contribution in [0.15, 0.2) is 78.0 Å². The summed E-state index contributed by atoms with van der Waals surface area (Å²) in [6.07, 6.45) is 0. The molecule has 1 amide bonds. The van der Waals surface area contributed by atoms with Crippen molar-refractivity contribution in [2.75, 3.05) is 11.1 Å². The maximum atomic E-state index is 13.8. The van der Waals surface area contributed by atoms with Crippen molar-refractivity contribution in [3.8, 4) is 17.1 Å². The summed E-state index contributed by atoms with van der Waals surface area (Å²) in [4.78, 5) is 12.3. The normalized spacial score (nSPS) is 10.8. The van der Waals surface area contributed by atoms with E-state index in [1.807, 2.05) is 47.0 Å². The van der Waals surface area contributed by atoms with E-state index in [0.717, 1.165) is 29.1 Å². The van der Waals surface area contributed by atoms with Crippen LogP contribution >= 0.6 is 23.4 Å². The smallest absolute Gasteiger partial charge is 0.234 e. The summed E-state index contributed by atoms with van der Waals surface area (Å²) >= 11 is 7.14. The Morgan fingerprint density at radius 3 is 2.45 bits per heavy atom. The number of aromatic nitrogens is 3. The molecule has 4 rings (SSSR count). The number of thioether (sulfide) groups is 1. The number of anilines is 1. The van der Waals surface area contributed by atoms with E-state index in [9.17, 15) is 13.6 Å². The zero-order chi connectivity index (χ0) is 21.8. The molecular weight excluding hydrogens is 442 g/mol. The van der Waals surface area contributed by atoms with Gasteiger partial charge in [0.15, 0.2) is 11.0 Å². The summed E-state index contributed by atoms with van der Waals surface area (Å²) in [5.41, 5.74) is 1.55. The minimum absolute atomic E-state index is 0.0393. The molecule has 5 nitrogen and oxygen atoms in total. The van der Waals surface area contributed by atoms with Crippen molar-refractivity contribution in [3.63, 3.8) is 0 Å². The van der Waals surface area contributed by atoms with Gasteiger partial charge in [-0.1, -0.05) is 41.6 Å². The van der Waals surface area contributed by atoms with E-state index in [-0.39, 0.29) is 11.4 Å². The zero-order valence-corrected chi connectivity index (χ0v) is 17.5. The third kappa shape index (κ3) is 4.92. The number of amides is 1. The van der Waals surface area contributed by atoms with Crippen LogP contribution in [-0.4, -0.2) is 26.4 Å². The van der Waals surface area contributed by atoms with Gasteiger partial charge in [0.25, 0.3) is 0 Å². The quantitative estimate of drug-likeness (QED) is 0.384. The van der Waals surface area contributed by atoms with Crippen LogP contribution in [0.2, 0.25) is 5.02 Å². The molecule has 0 aliphatic heterocycles. The Labute approximate surface area is 186 Å². The number of hydrogen-bond donors (Lipinski definition) is 1. The number of para-hydroxylation sites is 1. The predicted octanol–water partition coefficient (Wildman–Crippen LogP) is 5.60. The second kappa shape index (κ2) is 9.28. The maximum absolute atomic E-state index is 13.8. The average molecular weight is 457 g/mol. The second-order valence-electron chi connectivity index (χ2n) is 6.45. The van der Waals surface area contributed by atoms with Gasteiger partial charge in [-0.3, -0.25) is 9.36 Å². The van der Waals surface area contributed by atoms with Gasteiger partial charge in [-0.15, -0.1) is 10.2 Å². The number of nitrogens with one attached hydrogen (secondary N) is 1. The van der Waals surface area contributed by atoms with E-state index in [0.29, 0.717) is 22.1 Å². The molecule has 0 unspecified atom stereocenters. The van der Waals surface area contributed by atoms with Crippen LogP contribution in [0, 0.1) is 11.6 Å². The Morgan fingerprint density at radius 2 is 1.74 bits per heavy atom. The molecule has 0 spiro atoms. The first-order chi connectivity index (χ1) is 15.0. The highest BCUT2D eigenvalue weighted by atomic mass is 35.5. The number of hydrogen-bond acceptors (Lipinski definition) is 4. The van der Waals surface area contributed by atoms with Crippen molar-refractivity contribution in [2.24, 2.45) is 0 Å². The third-order valence-electron chi connectivity index (χ3n) is 4.29. The maximum Gasteiger partial charge on any atom is 0.234 e. The standard InChI is InChI=1S/C22H15ClF2N4OS/c23-15-8-6-14(7-9-15)21-27-28-22(29(21)17-4-2-1-3-5-17)31-13-20(30)26-19-11-10-16(24)12-18(19)25/h1-12H,13H2,(H,26,30). The number of benzene rings is 3. The lowest BCUT2D eigenvalue weighted by atomic mass is 10.2. The Balaban J connectivity index is 1.58. The Morgan fingerprint density at radius 1 is 1.00 bits per heavy atom. The largest absolute Gasteiger partial charge is 0.323 e. The molecule has 0 bridgehead atoms. The van der Waals surface area contributed by atoms with Gasteiger partial charge < -0.3 is 5.32 Å². The van der Waals surface area contributed by atoms with Gasteiger partial charge in [0.2, 0.25) is 5.91 Å². The minimum Gasteiger partial charge on any atom is -0.323 e. The Hall–Kier alpha value is -3.23. The van der Waals surface area contributed by atoms with Crippen molar-refractivity contribution in [1.29, 1.82) is 0 Å². The van der Waals surface area contributed by atoms with Crippen molar-refractivity contribution < 1.29 is 13.6 Å². The lowest BCUT2D eigenvalue weighted by Gasteiger charge is -2.11. The molecule has 4 aromatic rings. The molecule has 0 saturated carbocycles. The molecule has 0 radical (unpaired) electrons. The molecule has 0 saturated heterocycles. The molecule has 1 aromatic heterocycles. The number of nitrogens with zero attached hydrogens (tertiary/aromatic N) is 3. The van der Waals surface area contributed by atoms with Crippen molar-refractivity contribution in [2.45, 2.75) is 5.16 Å². The fourth-order valence-electron chi connectivity index (χ4n) is 2.87. The first-order valence-electron chi connectivity index (χ1n) is 9.16. The number of rotatable bonds is 6.